The first-order chi connectivity index (χ1) is 21.3. The maximum absolute atomic E-state index is 12.4. The fourth-order valence-corrected chi connectivity index (χ4v) is 5.66. The van der Waals surface area contributed by atoms with Gasteiger partial charge in [0.15, 0.2) is 0 Å². The summed E-state index contributed by atoms with van der Waals surface area (Å²) in [6.07, 6.45) is 41.7. The van der Waals surface area contributed by atoms with Crippen molar-refractivity contribution in [2.45, 2.75) is 161 Å². The van der Waals surface area contributed by atoms with Gasteiger partial charge in [-0.15, -0.1) is 0 Å². The van der Waals surface area contributed by atoms with Crippen molar-refractivity contribution in [1.82, 2.24) is 5.32 Å². The lowest BCUT2D eigenvalue weighted by Crippen LogP contribution is -2.47. The molecule has 0 saturated carbocycles. The molecule has 0 aliphatic heterocycles. The van der Waals surface area contributed by atoms with E-state index in [4.69, 9.17) is 0 Å². The zero-order chi connectivity index (χ0) is 32.6. The highest BCUT2D eigenvalue weighted by Crippen LogP contribution is 2.14. The van der Waals surface area contributed by atoms with Gasteiger partial charge in [0.1, 0.15) is 0 Å². The van der Waals surface area contributed by atoms with Gasteiger partial charge >= 0.3 is 0 Å². The molecule has 2 unspecified atom stereocenters. The standard InChI is InChI=1S/C37H65NO5S/c1-3-5-7-9-11-13-15-17-18-19-20-21-23-25-27-29-31-33-37(40)38-35(34-44(41,42)43)36(39)32-30-28-26-24-22-16-14-12-10-8-6-4-2/h5,7,11,13,17-18,20-21,25,27,35-36,39H,3-4,6,8-10,12,14-16,19,22-24,26,28-34H2,1-2H3,(H,38,40)(H,41,42,43)/b7-5-,13-11-,18-17-,21-20-,27-25-. The first kappa shape index (κ1) is 42.0. The Hall–Kier alpha value is -1.96. The predicted octanol–water partition coefficient (Wildman–Crippen LogP) is 9.73. The third-order valence-electron chi connectivity index (χ3n) is 7.49. The van der Waals surface area contributed by atoms with Crippen LogP contribution in [0.4, 0.5) is 0 Å². The van der Waals surface area contributed by atoms with Crippen molar-refractivity contribution in [3.05, 3.63) is 60.8 Å². The van der Waals surface area contributed by atoms with Crippen LogP contribution in [-0.2, 0) is 14.9 Å². The summed E-state index contributed by atoms with van der Waals surface area (Å²) in [7, 11) is -4.32. The molecule has 44 heavy (non-hydrogen) atoms. The number of allylic oxidation sites excluding steroid dienone is 10. The normalized spacial score (nSPS) is 14.2. The van der Waals surface area contributed by atoms with Crippen molar-refractivity contribution in [2.24, 2.45) is 0 Å². The molecule has 0 rings (SSSR count). The van der Waals surface area contributed by atoms with Gasteiger partial charge in [0, 0.05) is 6.42 Å². The molecule has 0 aliphatic rings. The number of nitrogens with one attached hydrogen (secondary N) is 1. The molecule has 254 valence electrons. The van der Waals surface area contributed by atoms with Crippen molar-refractivity contribution in [1.29, 1.82) is 0 Å². The summed E-state index contributed by atoms with van der Waals surface area (Å²) in [4.78, 5) is 12.4. The van der Waals surface area contributed by atoms with Crippen molar-refractivity contribution < 1.29 is 22.9 Å². The van der Waals surface area contributed by atoms with Gasteiger partial charge in [-0.3, -0.25) is 9.35 Å². The average Bonchev–Trinajstić information content (AvgIpc) is 2.98. The van der Waals surface area contributed by atoms with Crippen LogP contribution in [0.2, 0.25) is 0 Å². The molecule has 0 aromatic heterocycles. The van der Waals surface area contributed by atoms with Gasteiger partial charge in [0.25, 0.3) is 10.1 Å². The van der Waals surface area contributed by atoms with Crippen LogP contribution < -0.4 is 5.32 Å². The number of carbonyl (C=O) groups excluding carboxylic acids is 1. The molecule has 6 nitrogen and oxygen atoms in total. The summed E-state index contributed by atoms with van der Waals surface area (Å²) >= 11 is 0. The molecule has 0 aliphatic carbocycles. The van der Waals surface area contributed by atoms with Crippen LogP contribution in [-0.4, -0.2) is 41.9 Å². The van der Waals surface area contributed by atoms with Crippen LogP contribution in [0.1, 0.15) is 149 Å². The summed E-state index contributed by atoms with van der Waals surface area (Å²) < 4.78 is 32.3. The highest BCUT2D eigenvalue weighted by atomic mass is 32.2. The zero-order valence-electron chi connectivity index (χ0n) is 28.0. The van der Waals surface area contributed by atoms with Gasteiger partial charge in [0.2, 0.25) is 5.91 Å². The van der Waals surface area contributed by atoms with Crippen LogP contribution in [0.25, 0.3) is 0 Å². The molecule has 0 saturated heterocycles. The van der Waals surface area contributed by atoms with Crippen LogP contribution in [0, 0.1) is 0 Å². The Balaban J connectivity index is 4.09. The third kappa shape index (κ3) is 31.5. The molecule has 0 aromatic carbocycles. The average molecular weight is 636 g/mol. The largest absolute Gasteiger partial charge is 0.391 e. The van der Waals surface area contributed by atoms with Crippen molar-refractivity contribution in [2.75, 3.05) is 5.75 Å². The molecular weight excluding hydrogens is 570 g/mol. The van der Waals surface area contributed by atoms with Crippen LogP contribution in [0.15, 0.2) is 60.8 Å². The molecule has 0 spiro atoms. The molecule has 0 heterocycles. The Labute approximate surface area is 271 Å². The predicted molar refractivity (Wildman–Crippen MR) is 188 cm³/mol. The highest BCUT2D eigenvalue weighted by molar-refractivity contribution is 7.85. The van der Waals surface area contributed by atoms with Crippen molar-refractivity contribution in [3.63, 3.8) is 0 Å². The van der Waals surface area contributed by atoms with Crippen LogP contribution in [0.3, 0.4) is 0 Å². The molecule has 7 heteroatoms. The Morgan fingerprint density at radius 3 is 1.52 bits per heavy atom. The molecule has 2 atom stereocenters. The monoisotopic (exact) mass is 635 g/mol. The second kappa shape index (κ2) is 31.0. The van der Waals surface area contributed by atoms with E-state index in [1.165, 1.54) is 57.8 Å². The highest BCUT2D eigenvalue weighted by Gasteiger charge is 2.25. The Bertz CT molecular complexity index is 920. The summed E-state index contributed by atoms with van der Waals surface area (Å²) in [6, 6.07) is -1.00. The van der Waals surface area contributed by atoms with Gasteiger partial charge in [-0.2, -0.15) is 8.42 Å². The second-order valence-corrected chi connectivity index (χ2v) is 13.3. The molecule has 0 bridgehead atoms. The Kier molecular flexibility index (Phi) is 29.7. The number of amides is 1. The minimum absolute atomic E-state index is 0.238. The fraction of sp³-hybridized carbons (Fsp3) is 0.703. The summed E-state index contributed by atoms with van der Waals surface area (Å²) in [5.41, 5.74) is 0. The van der Waals surface area contributed by atoms with E-state index in [9.17, 15) is 22.9 Å². The minimum atomic E-state index is -4.32. The molecule has 3 N–H and O–H groups in total. The lowest BCUT2D eigenvalue weighted by atomic mass is 10.0. The van der Waals surface area contributed by atoms with E-state index in [1.54, 1.807) is 0 Å². The Morgan fingerprint density at radius 1 is 0.636 bits per heavy atom. The summed E-state index contributed by atoms with van der Waals surface area (Å²) in [5, 5.41) is 13.2. The minimum Gasteiger partial charge on any atom is -0.391 e. The number of hydrogen-bond acceptors (Lipinski definition) is 4. The van der Waals surface area contributed by atoms with Crippen LogP contribution >= 0.6 is 0 Å². The smallest absolute Gasteiger partial charge is 0.266 e. The van der Waals surface area contributed by atoms with Gasteiger partial charge in [0.05, 0.1) is 17.9 Å². The maximum atomic E-state index is 12.4. The van der Waals surface area contributed by atoms with E-state index in [0.29, 0.717) is 12.8 Å². The maximum Gasteiger partial charge on any atom is 0.266 e. The fourth-order valence-electron chi connectivity index (χ4n) is 4.90. The molecule has 1 amide bonds. The quantitative estimate of drug-likeness (QED) is 0.0414. The summed E-state index contributed by atoms with van der Waals surface area (Å²) in [6.45, 7) is 4.37. The molecule has 0 aromatic rings. The first-order valence-electron chi connectivity index (χ1n) is 17.5. The van der Waals surface area contributed by atoms with Gasteiger partial charge < -0.3 is 10.4 Å². The van der Waals surface area contributed by atoms with Gasteiger partial charge in [-0.25, -0.2) is 0 Å². The number of aliphatic hydroxyl groups excluding tert-OH is 1. The number of carbonyl (C=O) groups is 1. The molecular formula is C37H65NO5S. The van der Waals surface area contributed by atoms with Crippen LogP contribution in [0.5, 0.6) is 0 Å². The van der Waals surface area contributed by atoms with E-state index in [0.717, 1.165) is 57.8 Å². The number of unbranched alkanes of at least 4 members (excludes halogenated alkanes) is 12. The summed E-state index contributed by atoms with van der Waals surface area (Å²) in [5.74, 6) is -0.979. The second-order valence-electron chi connectivity index (χ2n) is 11.8. The topological polar surface area (TPSA) is 104 Å². The van der Waals surface area contributed by atoms with E-state index in [-0.39, 0.29) is 12.3 Å². The number of rotatable bonds is 30. The lowest BCUT2D eigenvalue weighted by molar-refractivity contribution is -0.122. The third-order valence-corrected chi connectivity index (χ3v) is 8.27. The molecule has 0 fully saturated rings. The first-order valence-corrected chi connectivity index (χ1v) is 19.1. The van der Waals surface area contributed by atoms with Gasteiger partial charge in [-0.1, -0.05) is 152 Å². The lowest BCUT2D eigenvalue weighted by Gasteiger charge is -2.23. The van der Waals surface area contributed by atoms with Gasteiger partial charge in [-0.05, 0) is 51.4 Å². The van der Waals surface area contributed by atoms with E-state index in [2.05, 4.69) is 73.8 Å². The van der Waals surface area contributed by atoms with E-state index < -0.39 is 28.0 Å². The van der Waals surface area contributed by atoms with Crippen molar-refractivity contribution >= 4 is 16.0 Å². The van der Waals surface area contributed by atoms with E-state index >= 15 is 0 Å². The van der Waals surface area contributed by atoms with E-state index in [1.807, 2.05) is 6.08 Å². The Morgan fingerprint density at radius 2 is 1.07 bits per heavy atom. The molecule has 0 radical (unpaired) electrons. The number of hydrogen-bond donors (Lipinski definition) is 3. The SMILES string of the molecule is CC/C=C\C/C=C\C/C=C\C/C=C\C/C=C\CCCC(=O)NC(CS(=O)(=O)O)C(O)CCCCCCCCCCCCCC. The zero-order valence-corrected chi connectivity index (χ0v) is 28.8. The number of aliphatic hydroxyl groups is 1. The van der Waals surface area contributed by atoms with Crippen molar-refractivity contribution in [3.8, 4) is 0 Å².